The zero-order chi connectivity index (χ0) is 17.8. The van der Waals surface area contributed by atoms with Gasteiger partial charge in [-0.2, -0.15) is 4.98 Å². The van der Waals surface area contributed by atoms with E-state index in [1.54, 1.807) is 6.08 Å². The van der Waals surface area contributed by atoms with Gasteiger partial charge in [-0.3, -0.25) is 4.79 Å². The highest BCUT2D eigenvalue weighted by molar-refractivity contribution is 5.97. The SMILES string of the molecule is C=CC(C)Nc1nc(N[C@H]2CC[C@H](OC3CC3)CC2)ncc1C(N)=O. The van der Waals surface area contributed by atoms with Crippen molar-refractivity contribution in [2.45, 2.75) is 69.7 Å². The summed E-state index contributed by atoms with van der Waals surface area (Å²) in [5, 5.41) is 6.50. The summed E-state index contributed by atoms with van der Waals surface area (Å²) in [6.07, 6.45) is 10.7. The summed E-state index contributed by atoms with van der Waals surface area (Å²) in [7, 11) is 0. The van der Waals surface area contributed by atoms with Crippen LogP contribution in [0.1, 0.15) is 55.8 Å². The third-order valence-corrected chi connectivity index (χ3v) is 4.69. The molecule has 2 aliphatic rings. The zero-order valence-corrected chi connectivity index (χ0v) is 14.7. The molecule has 2 fully saturated rings. The van der Waals surface area contributed by atoms with Crippen molar-refractivity contribution in [1.29, 1.82) is 0 Å². The maximum Gasteiger partial charge on any atom is 0.254 e. The molecule has 0 aromatic carbocycles. The second-order valence-electron chi connectivity index (χ2n) is 6.94. The molecule has 7 nitrogen and oxygen atoms in total. The number of nitrogens with one attached hydrogen (secondary N) is 2. The molecule has 1 atom stereocenters. The van der Waals surface area contributed by atoms with E-state index < -0.39 is 5.91 Å². The van der Waals surface area contributed by atoms with Gasteiger partial charge in [-0.05, 0) is 45.4 Å². The van der Waals surface area contributed by atoms with Gasteiger partial charge in [0.25, 0.3) is 5.91 Å². The number of aromatic nitrogens is 2. The molecule has 1 aromatic rings. The summed E-state index contributed by atoms with van der Waals surface area (Å²) in [6, 6.07) is 0.291. The molecule has 2 aliphatic carbocycles. The number of rotatable bonds is 8. The molecule has 0 bridgehead atoms. The quantitative estimate of drug-likeness (QED) is 0.626. The van der Waals surface area contributed by atoms with Crippen molar-refractivity contribution < 1.29 is 9.53 Å². The number of carbonyl (C=O) groups is 1. The van der Waals surface area contributed by atoms with Crippen molar-refractivity contribution in [1.82, 2.24) is 9.97 Å². The highest BCUT2D eigenvalue weighted by Crippen LogP contribution is 2.31. The van der Waals surface area contributed by atoms with Crippen molar-refractivity contribution in [3.63, 3.8) is 0 Å². The van der Waals surface area contributed by atoms with Gasteiger partial charge in [0.1, 0.15) is 5.82 Å². The van der Waals surface area contributed by atoms with Gasteiger partial charge >= 0.3 is 0 Å². The average molecular weight is 345 g/mol. The Bertz CT molecular complexity index is 624. The van der Waals surface area contributed by atoms with Gasteiger partial charge in [0.2, 0.25) is 5.95 Å². The summed E-state index contributed by atoms with van der Waals surface area (Å²) in [4.78, 5) is 20.2. The molecule has 1 amide bonds. The number of nitrogens with two attached hydrogens (primary N) is 1. The Labute approximate surface area is 148 Å². The number of carbonyl (C=O) groups excluding carboxylic acids is 1. The highest BCUT2D eigenvalue weighted by Gasteiger charge is 2.29. The normalized spacial score (nSPS) is 24.4. The number of ether oxygens (including phenoxy) is 1. The minimum absolute atomic E-state index is 0.0316. The smallest absolute Gasteiger partial charge is 0.254 e. The van der Waals surface area contributed by atoms with Crippen LogP contribution in [0.2, 0.25) is 0 Å². The Morgan fingerprint density at radius 1 is 1.32 bits per heavy atom. The van der Waals surface area contributed by atoms with Gasteiger partial charge < -0.3 is 21.1 Å². The van der Waals surface area contributed by atoms with Gasteiger partial charge in [0, 0.05) is 18.3 Å². The lowest BCUT2D eigenvalue weighted by Gasteiger charge is -2.29. The largest absolute Gasteiger partial charge is 0.375 e. The summed E-state index contributed by atoms with van der Waals surface area (Å²) < 4.78 is 5.99. The number of hydrogen-bond donors (Lipinski definition) is 3. The minimum Gasteiger partial charge on any atom is -0.375 e. The first-order valence-electron chi connectivity index (χ1n) is 9.03. The monoisotopic (exact) mass is 345 g/mol. The molecule has 25 heavy (non-hydrogen) atoms. The average Bonchev–Trinajstić information content (AvgIpc) is 3.40. The first kappa shape index (κ1) is 17.7. The number of amides is 1. The molecule has 1 aromatic heterocycles. The van der Waals surface area contributed by atoms with Crippen molar-refractivity contribution >= 4 is 17.7 Å². The summed E-state index contributed by atoms with van der Waals surface area (Å²) >= 11 is 0. The Balaban J connectivity index is 1.60. The molecule has 4 N–H and O–H groups in total. The van der Waals surface area contributed by atoms with Crippen LogP contribution in [0.25, 0.3) is 0 Å². The van der Waals surface area contributed by atoms with E-state index in [4.69, 9.17) is 10.5 Å². The molecule has 0 radical (unpaired) electrons. The fraction of sp³-hybridized carbons (Fsp3) is 0.611. The molecular formula is C18H27N5O2. The van der Waals surface area contributed by atoms with E-state index in [1.165, 1.54) is 19.0 Å². The molecular weight excluding hydrogens is 318 g/mol. The number of anilines is 2. The molecule has 1 unspecified atom stereocenters. The lowest BCUT2D eigenvalue weighted by molar-refractivity contribution is 0.0146. The summed E-state index contributed by atoms with van der Waals surface area (Å²) in [5.74, 6) is 0.390. The second kappa shape index (κ2) is 7.82. The Kier molecular flexibility index (Phi) is 5.53. The maximum atomic E-state index is 11.6. The Morgan fingerprint density at radius 2 is 1.96 bits per heavy atom. The Morgan fingerprint density at radius 3 is 2.52 bits per heavy atom. The third kappa shape index (κ3) is 4.92. The van der Waals surface area contributed by atoms with Gasteiger partial charge in [-0.25, -0.2) is 4.98 Å². The van der Waals surface area contributed by atoms with Crippen molar-refractivity contribution in [2.24, 2.45) is 5.73 Å². The summed E-state index contributed by atoms with van der Waals surface area (Å²) in [6.45, 7) is 5.65. The van der Waals surface area contributed by atoms with E-state index in [1.807, 2.05) is 6.92 Å². The van der Waals surface area contributed by atoms with E-state index >= 15 is 0 Å². The lowest BCUT2D eigenvalue weighted by atomic mass is 9.93. The predicted octanol–water partition coefficient (Wildman–Crippen LogP) is 2.46. The van der Waals surface area contributed by atoms with Crippen LogP contribution in [-0.2, 0) is 4.74 Å². The first-order chi connectivity index (χ1) is 12.0. The number of nitrogens with zero attached hydrogens (tertiary/aromatic N) is 2. The maximum absolute atomic E-state index is 11.6. The Hall–Kier alpha value is -2.15. The van der Waals surface area contributed by atoms with E-state index in [-0.39, 0.29) is 11.6 Å². The van der Waals surface area contributed by atoms with Crippen LogP contribution in [0.5, 0.6) is 0 Å². The predicted molar refractivity (Wildman–Crippen MR) is 97.6 cm³/mol. The fourth-order valence-electron chi connectivity index (χ4n) is 3.02. The second-order valence-corrected chi connectivity index (χ2v) is 6.94. The molecule has 0 saturated heterocycles. The first-order valence-corrected chi connectivity index (χ1v) is 9.03. The van der Waals surface area contributed by atoms with E-state index in [9.17, 15) is 4.79 Å². The molecule has 1 heterocycles. The molecule has 2 saturated carbocycles. The van der Waals surface area contributed by atoms with Crippen LogP contribution in [0.4, 0.5) is 11.8 Å². The van der Waals surface area contributed by atoms with Gasteiger partial charge in [0.05, 0.1) is 17.8 Å². The minimum atomic E-state index is -0.553. The van der Waals surface area contributed by atoms with Gasteiger partial charge in [-0.1, -0.05) is 6.08 Å². The number of primary amides is 1. The van der Waals surface area contributed by atoms with Crippen LogP contribution in [0.15, 0.2) is 18.9 Å². The van der Waals surface area contributed by atoms with Crippen molar-refractivity contribution in [3.8, 4) is 0 Å². The zero-order valence-electron chi connectivity index (χ0n) is 14.7. The van der Waals surface area contributed by atoms with Crippen LogP contribution in [-0.4, -0.2) is 40.2 Å². The highest BCUT2D eigenvalue weighted by atomic mass is 16.5. The topological polar surface area (TPSA) is 102 Å². The fourth-order valence-corrected chi connectivity index (χ4v) is 3.02. The third-order valence-electron chi connectivity index (χ3n) is 4.69. The standard InChI is InChI=1S/C18H27N5O2/c1-3-11(2)21-17-15(16(19)24)10-20-18(23-17)22-12-4-6-13(7-5-12)25-14-8-9-14/h3,10-14H,1,4-9H2,2H3,(H2,19,24)(H2,20,21,22,23)/t11?,12-,13-. The van der Waals surface area contributed by atoms with Crippen molar-refractivity contribution in [3.05, 3.63) is 24.4 Å². The number of hydrogen-bond acceptors (Lipinski definition) is 6. The van der Waals surface area contributed by atoms with Gasteiger partial charge in [-0.15, -0.1) is 6.58 Å². The summed E-state index contributed by atoms with van der Waals surface area (Å²) in [5.41, 5.74) is 5.69. The molecule has 0 spiro atoms. The van der Waals surface area contributed by atoms with Crippen molar-refractivity contribution in [2.75, 3.05) is 10.6 Å². The molecule has 7 heteroatoms. The molecule has 136 valence electrons. The molecule has 3 rings (SSSR count). The molecule has 0 aliphatic heterocycles. The van der Waals surface area contributed by atoms with Crippen LogP contribution >= 0.6 is 0 Å². The van der Waals surface area contributed by atoms with Crippen LogP contribution < -0.4 is 16.4 Å². The van der Waals surface area contributed by atoms with E-state index in [2.05, 4.69) is 27.2 Å². The van der Waals surface area contributed by atoms with Crippen LogP contribution in [0, 0.1) is 0 Å². The van der Waals surface area contributed by atoms with Gasteiger partial charge in [0.15, 0.2) is 0 Å². The van der Waals surface area contributed by atoms with E-state index in [0.29, 0.717) is 30.0 Å². The van der Waals surface area contributed by atoms with E-state index in [0.717, 1.165) is 25.7 Å². The van der Waals surface area contributed by atoms with Crippen LogP contribution in [0.3, 0.4) is 0 Å². The lowest BCUT2D eigenvalue weighted by Crippen LogP contribution is -2.31.